The molecule has 1 saturated heterocycles. The molecule has 9 nitrogen and oxygen atoms in total. The predicted molar refractivity (Wildman–Crippen MR) is 112 cm³/mol. The number of ether oxygens (including phenoxy) is 2. The summed E-state index contributed by atoms with van der Waals surface area (Å²) >= 11 is 0. The van der Waals surface area contributed by atoms with Crippen LogP contribution in [-0.4, -0.2) is 78.9 Å². The van der Waals surface area contributed by atoms with Crippen molar-refractivity contribution in [2.24, 2.45) is 4.99 Å². The second-order valence-corrected chi connectivity index (χ2v) is 6.50. The van der Waals surface area contributed by atoms with Crippen molar-refractivity contribution in [3.63, 3.8) is 0 Å². The lowest BCUT2D eigenvalue weighted by Gasteiger charge is -2.36. The van der Waals surface area contributed by atoms with Gasteiger partial charge >= 0.3 is 0 Å². The summed E-state index contributed by atoms with van der Waals surface area (Å²) in [5.74, 6) is 2.28. The molecule has 0 unspecified atom stereocenters. The van der Waals surface area contributed by atoms with E-state index in [4.69, 9.17) is 14.5 Å². The van der Waals surface area contributed by atoms with Gasteiger partial charge in [-0.15, -0.1) is 0 Å². The molecule has 9 heteroatoms. The Bertz CT molecular complexity index is 764. The maximum absolute atomic E-state index is 5.72. The van der Waals surface area contributed by atoms with Gasteiger partial charge in [0.15, 0.2) is 5.96 Å². The minimum atomic E-state index is 0.466. The minimum absolute atomic E-state index is 0.466. The molecule has 0 radical (unpaired) electrons. The topological polar surface area (TPSA) is 88.0 Å². The number of rotatable bonds is 8. The van der Waals surface area contributed by atoms with E-state index in [2.05, 4.69) is 37.0 Å². The molecular weight excluding hydrogens is 370 g/mol. The van der Waals surface area contributed by atoms with Crippen molar-refractivity contribution in [2.45, 2.75) is 13.5 Å². The first-order valence-electron chi connectivity index (χ1n) is 9.92. The lowest BCUT2D eigenvalue weighted by atomic mass is 10.3. The summed E-state index contributed by atoms with van der Waals surface area (Å²) in [5, 5.41) is 3.39. The zero-order valence-electron chi connectivity index (χ0n) is 17.1. The quantitative estimate of drug-likeness (QED) is 0.402. The monoisotopic (exact) mass is 399 g/mol. The van der Waals surface area contributed by atoms with Crippen LogP contribution in [0.2, 0.25) is 0 Å². The highest BCUT2D eigenvalue weighted by atomic mass is 16.5. The second-order valence-electron chi connectivity index (χ2n) is 6.50. The Morgan fingerprint density at radius 2 is 1.83 bits per heavy atom. The third-order valence-electron chi connectivity index (χ3n) is 4.52. The molecule has 156 valence electrons. The summed E-state index contributed by atoms with van der Waals surface area (Å²) < 4.78 is 10.8. The summed E-state index contributed by atoms with van der Waals surface area (Å²) in [5.41, 5.74) is 0.954. The van der Waals surface area contributed by atoms with Gasteiger partial charge in [-0.3, -0.25) is 0 Å². The van der Waals surface area contributed by atoms with E-state index in [-0.39, 0.29) is 0 Å². The molecule has 0 amide bonds. The van der Waals surface area contributed by atoms with Gasteiger partial charge in [-0.05, 0) is 19.1 Å². The highest BCUT2D eigenvalue weighted by Gasteiger charge is 2.21. The van der Waals surface area contributed by atoms with E-state index >= 15 is 0 Å². The average molecular weight is 399 g/mol. The largest absolute Gasteiger partial charge is 0.475 e. The van der Waals surface area contributed by atoms with Crippen molar-refractivity contribution >= 4 is 11.9 Å². The Hall–Kier alpha value is -2.94. The van der Waals surface area contributed by atoms with Crippen LogP contribution >= 0.6 is 0 Å². The molecule has 0 saturated carbocycles. The number of pyridine rings is 1. The number of hydrogen-bond acceptors (Lipinski definition) is 7. The van der Waals surface area contributed by atoms with Gasteiger partial charge in [0.2, 0.25) is 11.8 Å². The van der Waals surface area contributed by atoms with Gasteiger partial charge in [0.05, 0.1) is 13.2 Å². The lowest BCUT2D eigenvalue weighted by Crippen LogP contribution is -2.53. The van der Waals surface area contributed by atoms with Gasteiger partial charge in [-0.1, -0.05) is 6.07 Å². The molecular formula is C20H29N7O2. The smallest absolute Gasteiger partial charge is 0.225 e. The number of aliphatic imine (C=N–C) groups is 1. The van der Waals surface area contributed by atoms with Crippen LogP contribution in [-0.2, 0) is 11.3 Å². The van der Waals surface area contributed by atoms with Crippen molar-refractivity contribution in [2.75, 3.05) is 57.9 Å². The summed E-state index contributed by atoms with van der Waals surface area (Å²) in [7, 11) is 1.65. The molecule has 29 heavy (non-hydrogen) atoms. The molecule has 1 aliphatic heterocycles. The Kier molecular flexibility index (Phi) is 8.00. The number of anilines is 1. The number of nitrogens with one attached hydrogen (secondary N) is 1. The molecule has 2 aromatic heterocycles. The normalized spacial score (nSPS) is 14.8. The first-order chi connectivity index (χ1) is 14.3. The molecule has 1 aliphatic rings. The van der Waals surface area contributed by atoms with E-state index in [1.54, 1.807) is 25.7 Å². The van der Waals surface area contributed by atoms with Crippen LogP contribution in [0.4, 0.5) is 5.95 Å². The second kappa shape index (κ2) is 11.2. The molecule has 3 rings (SSSR count). The van der Waals surface area contributed by atoms with E-state index in [0.717, 1.165) is 50.2 Å². The van der Waals surface area contributed by atoms with E-state index in [1.807, 2.05) is 18.2 Å². The highest BCUT2D eigenvalue weighted by molar-refractivity contribution is 5.80. The Labute approximate surface area is 171 Å². The van der Waals surface area contributed by atoms with Crippen LogP contribution in [0.25, 0.3) is 0 Å². The number of guanidine groups is 1. The molecule has 0 atom stereocenters. The van der Waals surface area contributed by atoms with Crippen molar-refractivity contribution in [3.8, 4) is 5.88 Å². The van der Waals surface area contributed by atoms with E-state index in [1.165, 1.54) is 0 Å². The van der Waals surface area contributed by atoms with E-state index in [0.29, 0.717) is 25.6 Å². The van der Waals surface area contributed by atoms with Crippen molar-refractivity contribution in [3.05, 3.63) is 42.4 Å². The fraction of sp³-hybridized carbons (Fsp3) is 0.500. The van der Waals surface area contributed by atoms with Crippen LogP contribution in [0.3, 0.4) is 0 Å². The van der Waals surface area contributed by atoms with Gasteiger partial charge in [0.1, 0.15) is 6.61 Å². The van der Waals surface area contributed by atoms with Crippen molar-refractivity contribution in [1.29, 1.82) is 0 Å². The zero-order valence-corrected chi connectivity index (χ0v) is 17.1. The third kappa shape index (κ3) is 6.02. The van der Waals surface area contributed by atoms with Crippen LogP contribution in [0.15, 0.2) is 41.8 Å². The average Bonchev–Trinajstić information content (AvgIpc) is 2.78. The van der Waals surface area contributed by atoms with E-state index in [9.17, 15) is 0 Å². The number of nitrogens with zero attached hydrogens (tertiary/aromatic N) is 6. The number of aromatic nitrogens is 3. The maximum atomic E-state index is 5.72. The Balaban J connectivity index is 1.62. The molecule has 0 aliphatic carbocycles. The molecule has 0 spiro atoms. The summed E-state index contributed by atoms with van der Waals surface area (Å²) in [6.07, 6.45) is 5.28. The van der Waals surface area contributed by atoms with Crippen LogP contribution in [0, 0.1) is 0 Å². The third-order valence-corrected chi connectivity index (χ3v) is 4.52. The fourth-order valence-electron chi connectivity index (χ4n) is 3.05. The Morgan fingerprint density at radius 3 is 2.55 bits per heavy atom. The van der Waals surface area contributed by atoms with E-state index < -0.39 is 0 Å². The first kappa shape index (κ1) is 20.8. The van der Waals surface area contributed by atoms with Gasteiger partial charge in [-0.25, -0.2) is 19.9 Å². The summed E-state index contributed by atoms with van der Waals surface area (Å²) in [6.45, 7) is 7.80. The number of methoxy groups -OCH3 is 1. The van der Waals surface area contributed by atoms with Gasteiger partial charge < -0.3 is 24.6 Å². The van der Waals surface area contributed by atoms with Crippen molar-refractivity contribution in [1.82, 2.24) is 25.2 Å². The predicted octanol–water partition coefficient (Wildman–Crippen LogP) is 1.18. The number of piperazine rings is 1. The maximum Gasteiger partial charge on any atom is 0.225 e. The summed E-state index contributed by atoms with van der Waals surface area (Å²) in [4.78, 5) is 22.3. The van der Waals surface area contributed by atoms with Gasteiger partial charge in [0, 0.05) is 64.0 Å². The molecule has 2 aromatic rings. The van der Waals surface area contributed by atoms with Crippen LogP contribution in [0.1, 0.15) is 12.5 Å². The molecule has 1 fully saturated rings. The highest BCUT2D eigenvalue weighted by Crippen LogP contribution is 2.16. The van der Waals surface area contributed by atoms with Crippen molar-refractivity contribution < 1.29 is 9.47 Å². The number of hydrogen-bond donors (Lipinski definition) is 1. The first-order valence-corrected chi connectivity index (χ1v) is 9.92. The Morgan fingerprint density at radius 1 is 1.07 bits per heavy atom. The molecule has 1 N–H and O–H groups in total. The molecule has 0 bridgehead atoms. The summed E-state index contributed by atoms with van der Waals surface area (Å²) in [6, 6.07) is 5.73. The minimum Gasteiger partial charge on any atom is -0.475 e. The van der Waals surface area contributed by atoms with Gasteiger partial charge in [-0.2, -0.15) is 0 Å². The zero-order chi connectivity index (χ0) is 20.3. The molecule has 3 heterocycles. The van der Waals surface area contributed by atoms with Crippen LogP contribution < -0.4 is 15.0 Å². The van der Waals surface area contributed by atoms with Gasteiger partial charge in [0.25, 0.3) is 0 Å². The molecule has 0 aromatic carbocycles. The fourth-order valence-corrected chi connectivity index (χ4v) is 3.05. The standard InChI is InChI=1S/C20H29N7O2/c1-3-21-19(25-16-17-6-4-7-22-18(17)29-15-14-28-2)26-10-12-27(13-11-26)20-23-8-5-9-24-20/h4-9H,3,10-16H2,1-2H3,(H,21,25). The van der Waals surface area contributed by atoms with Crippen LogP contribution in [0.5, 0.6) is 5.88 Å². The SMILES string of the molecule is CCNC(=NCc1cccnc1OCCOC)N1CCN(c2ncccn2)CC1. The lowest BCUT2D eigenvalue weighted by molar-refractivity contribution is 0.143.